The summed E-state index contributed by atoms with van der Waals surface area (Å²) in [7, 11) is 0. The van der Waals surface area contributed by atoms with E-state index in [0.717, 1.165) is 4.90 Å². The van der Waals surface area contributed by atoms with Crippen molar-refractivity contribution in [1.82, 2.24) is 4.90 Å². The van der Waals surface area contributed by atoms with Crippen LogP contribution < -0.4 is 4.74 Å². The van der Waals surface area contributed by atoms with Crippen molar-refractivity contribution in [3.8, 4) is 11.5 Å². The summed E-state index contributed by atoms with van der Waals surface area (Å²) in [5, 5.41) is 18.1. The van der Waals surface area contributed by atoms with Crippen LogP contribution in [-0.2, 0) is 4.79 Å². The Morgan fingerprint density at radius 2 is 2.05 bits per heavy atom. The highest BCUT2D eigenvalue weighted by Crippen LogP contribution is 2.24. The Labute approximate surface area is 109 Å². The topological polar surface area (TPSA) is 70.0 Å². The third-order valence-corrected chi connectivity index (χ3v) is 2.30. The van der Waals surface area contributed by atoms with Crippen molar-refractivity contribution in [3.63, 3.8) is 0 Å². The zero-order valence-electron chi connectivity index (χ0n) is 10.1. The van der Waals surface area contributed by atoms with Crippen molar-refractivity contribution < 1.29 is 28.5 Å². The lowest BCUT2D eigenvalue weighted by Gasteiger charge is -2.21. The first-order valence-electron chi connectivity index (χ1n) is 5.62. The van der Waals surface area contributed by atoms with Gasteiger partial charge >= 0.3 is 0 Å². The lowest BCUT2D eigenvalue weighted by molar-refractivity contribution is -0.135. The van der Waals surface area contributed by atoms with Crippen LogP contribution in [0.15, 0.2) is 24.3 Å². The number of aromatic hydroxyl groups is 1. The number of amides is 1. The highest BCUT2D eigenvalue weighted by molar-refractivity contribution is 5.77. The second-order valence-electron chi connectivity index (χ2n) is 3.71. The Morgan fingerprint density at radius 3 is 2.63 bits per heavy atom. The van der Waals surface area contributed by atoms with Gasteiger partial charge in [0.2, 0.25) is 0 Å². The van der Waals surface area contributed by atoms with Gasteiger partial charge in [-0.3, -0.25) is 4.79 Å². The number of para-hydroxylation sites is 2. The van der Waals surface area contributed by atoms with Crippen LogP contribution in [-0.4, -0.2) is 53.7 Å². The fourth-order valence-corrected chi connectivity index (χ4v) is 1.42. The minimum atomic E-state index is -2.68. The standard InChI is InChI=1S/C12H15F2NO4/c13-11(14)7-15(5-6-16)12(18)8-19-10-4-2-1-3-9(10)17/h1-4,11,16-17H,5-8H2. The number of aliphatic hydroxyl groups is 1. The largest absolute Gasteiger partial charge is 0.504 e. The maximum atomic E-state index is 12.2. The first kappa shape index (κ1) is 15.2. The monoisotopic (exact) mass is 275 g/mol. The predicted octanol–water partition coefficient (Wildman–Crippen LogP) is 0.857. The lowest BCUT2D eigenvalue weighted by Crippen LogP contribution is -2.40. The molecular formula is C12H15F2NO4. The van der Waals surface area contributed by atoms with Gasteiger partial charge in [-0.15, -0.1) is 0 Å². The minimum absolute atomic E-state index is 0.0943. The molecule has 0 fully saturated rings. The van der Waals surface area contributed by atoms with Crippen molar-refractivity contribution >= 4 is 5.91 Å². The molecule has 0 heterocycles. The average Bonchev–Trinajstić information content (AvgIpc) is 2.36. The summed E-state index contributed by atoms with van der Waals surface area (Å²) in [6.07, 6.45) is -2.68. The number of ether oxygens (including phenoxy) is 1. The number of aliphatic hydroxyl groups excluding tert-OH is 1. The highest BCUT2D eigenvalue weighted by Gasteiger charge is 2.18. The molecule has 0 radical (unpaired) electrons. The van der Waals surface area contributed by atoms with Gasteiger partial charge in [0.05, 0.1) is 13.2 Å². The minimum Gasteiger partial charge on any atom is -0.504 e. The van der Waals surface area contributed by atoms with E-state index in [2.05, 4.69) is 0 Å². The molecule has 0 unspecified atom stereocenters. The Morgan fingerprint density at radius 1 is 1.37 bits per heavy atom. The van der Waals surface area contributed by atoms with E-state index in [1.807, 2.05) is 0 Å². The molecule has 0 saturated heterocycles. The molecule has 19 heavy (non-hydrogen) atoms. The molecule has 5 nitrogen and oxygen atoms in total. The predicted molar refractivity (Wildman–Crippen MR) is 63.3 cm³/mol. The summed E-state index contributed by atoms with van der Waals surface area (Å²) in [5.74, 6) is -0.729. The summed E-state index contributed by atoms with van der Waals surface area (Å²) >= 11 is 0. The fraction of sp³-hybridized carbons (Fsp3) is 0.417. The number of rotatable bonds is 7. The Kier molecular flexibility index (Phi) is 6.01. The first-order chi connectivity index (χ1) is 9.04. The van der Waals surface area contributed by atoms with E-state index in [1.54, 1.807) is 12.1 Å². The quantitative estimate of drug-likeness (QED) is 0.774. The first-order valence-corrected chi connectivity index (χ1v) is 5.62. The summed E-state index contributed by atoms with van der Waals surface area (Å²) in [4.78, 5) is 12.4. The SMILES string of the molecule is O=C(COc1ccccc1O)N(CCO)CC(F)F. The van der Waals surface area contributed by atoms with Gasteiger partial charge in [-0.2, -0.15) is 0 Å². The van der Waals surface area contributed by atoms with Gasteiger partial charge < -0.3 is 19.8 Å². The molecule has 0 aliphatic rings. The number of benzene rings is 1. The number of phenols is 1. The van der Waals surface area contributed by atoms with Crippen LogP contribution >= 0.6 is 0 Å². The summed E-state index contributed by atoms with van der Waals surface area (Å²) < 4.78 is 29.5. The molecule has 2 N–H and O–H groups in total. The fourth-order valence-electron chi connectivity index (χ4n) is 1.42. The van der Waals surface area contributed by atoms with Crippen LogP contribution in [0.25, 0.3) is 0 Å². The van der Waals surface area contributed by atoms with E-state index in [0.29, 0.717) is 0 Å². The normalized spacial score (nSPS) is 10.5. The van der Waals surface area contributed by atoms with Gasteiger partial charge in [0.25, 0.3) is 12.3 Å². The van der Waals surface area contributed by atoms with Crippen molar-refractivity contribution in [3.05, 3.63) is 24.3 Å². The van der Waals surface area contributed by atoms with Crippen LogP contribution in [0, 0.1) is 0 Å². The van der Waals surface area contributed by atoms with Crippen molar-refractivity contribution in [2.45, 2.75) is 6.43 Å². The van der Waals surface area contributed by atoms with Gasteiger partial charge in [-0.05, 0) is 12.1 Å². The number of alkyl halides is 2. The lowest BCUT2D eigenvalue weighted by atomic mass is 10.3. The second-order valence-corrected chi connectivity index (χ2v) is 3.71. The third kappa shape index (κ3) is 5.09. The maximum absolute atomic E-state index is 12.2. The van der Waals surface area contributed by atoms with Gasteiger partial charge in [-0.1, -0.05) is 12.1 Å². The smallest absolute Gasteiger partial charge is 0.260 e. The Balaban J connectivity index is 2.55. The van der Waals surface area contributed by atoms with Crippen molar-refractivity contribution in [1.29, 1.82) is 0 Å². The van der Waals surface area contributed by atoms with Crippen LogP contribution in [0.4, 0.5) is 8.78 Å². The number of halogens is 2. The van der Waals surface area contributed by atoms with Crippen molar-refractivity contribution in [2.24, 2.45) is 0 Å². The zero-order valence-corrected chi connectivity index (χ0v) is 10.1. The van der Waals surface area contributed by atoms with Gasteiger partial charge in [0, 0.05) is 6.54 Å². The summed E-state index contributed by atoms with van der Waals surface area (Å²) in [6, 6.07) is 6.01. The molecule has 0 aliphatic heterocycles. The molecule has 1 aromatic rings. The second kappa shape index (κ2) is 7.52. The van der Waals surface area contributed by atoms with E-state index < -0.39 is 32.1 Å². The molecule has 0 saturated carbocycles. The zero-order chi connectivity index (χ0) is 14.3. The molecule has 1 rings (SSSR count). The molecule has 106 valence electrons. The van der Waals surface area contributed by atoms with Crippen LogP contribution in [0.1, 0.15) is 0 Å². The number of carbonyl (C=O) groups is 1. The molecule has 0 bridgehead atoms. The van der Waals surface area contributed by atoms with E-state index in [9.17, 15) is 18.7 Å². The third-order valence-electron chi connectivity index (χ3n) is 2.30. The highest BCUT2D eigenvalue weighted by atomic mass is 19.3. The van der Waals surface area contributed by atoms with E-state index in [4.69, 9.17) is 9.84 Å². The molecule has 0 spiro atoms. The molecule has 1 aromatic carbocycles. The van der Waals surface area contributed by atoms with E-state index in [-0.39, 0.29) is 18.0 Å². The van der Waals surface area contributed by atoms with Crippen LogP contribution in [0.3, 0.4) is 0 Å². The number of carbonyl (C=O) groups excluding carboxylic acids is 1. The molecule has 0 atom stereocenters. The van der Waals surface area contributed by atoms with Crippen LogP contribution in [0.5, 0.6) is 11.5 Å². The molecular weight excluding hydrogens is 260 g/mol. The molecule has 0 aromatic heterocycles. The molecule has 1 amide bonds. The number of phenolic OH excluding ortho intramolecular Hbond substituents is 1. The van der Waals surface area contributed by atoms with Crippen LogP contribution in [0.2, 0.25) is 0 Å². The summed E-state index contributed by atoms with van der Waals surface area (Å²) in [6.45, 7) is -1.84. The van der Waals surface area contributed by atoms with E-state index in [1.165, 1.54) is 12.1 Å². The molecule has 7 heteroatoms. The summed E-state index contributed by atoms with van der Waals surface area (Å²) in [5.41, 5.74) is 0. The van der Waals surface area contributed by atoms with E-state index >= 15 is 0 Å². The van der Waals surface area contributed by atoms with Gasteiger partial charge in [0.1, 0.15) is 0 Å². The average molecular weight is 275 g/mol. The number of hydrogen-bond acceptors (Lipinski definition) is 4. The number of nitrogens with zero attached hydrogens (tertiary/aromatic N) is 1. The van der Waals surface area contributed by atoms with Gasteiger partial charge in [0.15, 0.2) is 18.1 Å². The van der Waals surface area contributed by atoms with Gasteiger partial charge in [-0.25, -0.2) is 8.78 Å². The maximum Gasteiger partial charge on any atom is 0.260 e. The molecule has 0 aliphatic carbocycles. The number of hydrogen-bond donors (Lipinski definition) is 2. The van der Waals surface area contributed by atoms with Crippen molar-refractivity contribution in [2.75, 3.05) is 26.3 Å². The Bertz CT molecular complexity index is 414. The Hall–Kier alpha value is -1.89.